The van der Waals surface area contributed by atoms with Crippen LogP contribution in [0, 0.1) is 20.8 Å². The first kappa shape index (κ1) is 20.8. The molecule has 0 saturated heterocycles. The van der Waals surface area contributed by atoms with Crippen molar-refractivity contribution in [2.75, 3.05) is 6.61 Å². The van der Waals surface area contributed by atoms with E-state index in [1.807, 2.05) is 18.7 Å². The molecular formula is C23H32FNO3. The molecule has 154 valence electrons. The van der Waals surface area contributed by atoms with Crippen LogP contribution < -0.4 is 0 Å². The van der Waals surface area contributed by atoms with Gasteiger partial charge in [-0.2, -0.15) is 0 Å². The van der Waals surface area contributed by atoms with E-state index >= 15 is 0 Å². The van der Waals surface area contributed by atoms with E-state index < -0.39 is 5.67 Å². The summed E-state index contributed by atoms with van der Waals surface area (Å²) in [5.41, 5.74) is 5.46. The van der Waals surface area contributed by atoms with Gasteiger partial charge in [-0.05, 0) is 93.7 Å². The van der Waals surface area contributed by atoms with Crippen LogP contribution in [0.2, 0.25) is 0 Å². The van der Waals surface area contributed by atoms with E-state index in [0.29, 0.717) is 32.4 Å². The number of nitrogens with zero attached hydrogens (tertiary/aromatic N) is 1. The smallest absolute Gasteiger partial charge is 0.310 e. The lowest BCUT2D eigenvalue weighted by atomic mass is 9.80. The zero-order valence-electron chi connectivity index (χ0n) is 17.8. The van der Waals surface area contributed by atoms with Crippen molar-refractivity contribution in [3.63, 3.8) is 0 Å². The van der Waals surface area contributed by atoms with Gasteiger partial charge in [0.2, 0.25) is 5.91 Å². The lowest BCUT2D eigenvalue weighted by Gasteiger charge is -2.41. The minimum atomic E-state index is -1.10. The van der Waals surface area contributed by atoms with Gasteiger partial charge in [-0.15, -0.1) is 0 Å². The van der Waals surface area contributed by atoms with E-state index in [9.17, 15) is 14.0 Å². The van der Waals surface area contributed by atoms with E-state index in [1.54, 1.807) is 13.8 Å². The van der Waals surface area contributed by atoms with Gasteiger partial charge in [-0.3, -0.25) is 9.59 Å². The van der Waals surface area contributed by atoms with Crippen molar-refractivity contribution in [3.05, 3.63) is 33.4 Å². The Morgan fingerprint density at radius 3 is 2.39 bits per heavy atom. The van der Waals surface area contributed by atoms with Crippen LogP contribution in [0.4, 0.5) is 4.39 Å². The summed E-state index contributed by atoms with van der Waals surface area (Å²) in [5.74, 6) is -0.110. The number of alkyl halides is 1. The summed E-state index contributed by atoms with van der Waals surface area (Å²) >= 11 is 0. The van der Waals surface area contributed by atoms with Gasteiger partial charge in [0.1, 0.15) is 5.67 Å². The van der Waals surface area contributed by atoms with Gasteiger partial charge in [-0.25, -0.2) is 4.39 Å². The number of halogens is 1. The van der Waals surface area contributed by atoms with E-state index in [1.165, 1.54) is 5.56 Å². The number of ether oxygens (including phenoxy) is 1. The number of rotatable bonds is 4. The molecule has 0 spiro atoms. The number of hydrogen-bond donors (Lipinski definition) is 0. The number of esters is 1. The Kier molecular flexibility index (Phi) is 5.83. The van der Waals surface area contributed by atoms with Crippen LogP contribution in [0.25, 0.3) is 0 Å². The van der Waals surface area contributed by atoms with Gasteiger partial charge in [0, 0.05) is 12.6 Å². The zero-order valence-corrected chi connectivity index (χ0v) is 17.8. The Morgan fingerprint density at radius 1 is 1.14 bits per heavy atom. The maximum Gasteiger partial charge on any atom is 0.310 e. The molecule has 1 aromatic carbocycles. The van der Waals surface area contributed by atoms with Crippen molar-refractivity contribution < 1.29 is 18.7 Å². The van der Waals surface area contributed by atoms with Gasteiger partial charge in [0.05, 0.1) is 19.4 Å². The quantitative estimate of drug-likeness (QED) is 0.723. The Labute approximate surface area is 167 Å². The number of fused-ring (bicyclic) bond motifs is 1. The predicted octanol–water partition coefficient (Wildman–Crippen LogP) is 4.27. The molecule has 1 fully saturated rings. The molecular weight excluding hydrogens is 357 g/mol. The van der Waals surface area contributed by atoms with Gasteiger partial charge in [0.25, 0.3) is 0 Å². The van der Waals surface area contributed by atoms with E-state index in [-0.39, 0.29) is 24.3 Å². The first-order valence-electron chi connectivity index (χ1n) is 10.4. The molecule has 1 heterocycles. The Hall–Kier alpha value is -1.91. The van der Waals surface area contributed by atoms with Gasteiger partial charge < -0.3 is 9.64 Å². The number of carbonyl (C=O) groups is 2. The van der Waals surface area contributed by atoms with Crippen LogP contribution >= 0.6 is 0 Å². The van der Waals surface area contributed by atoms with Crippen molar-refractivity contribution in [2.24, 2.45) is 0 Å². The second-order valence-corrected chi connectivity index (χ2v) is 8.64. The highest BCUT2D eigenvalue weighted by atomic mass is 19.1. The summed E-state index contributed by atoms with van der Waals surface area (Å²) in [6.07, 6.45) is 3.10. The second-order valence-electron chi connectivity index (χ2n) is 8.64. The van der Waals surface area contributed by atoms with Crippen molar-refractivity contribution in [1.29, 1.82) is 0 Å². The summed E-state index contributed by atoms with van der Waals surface area (Å²) < 4.78 is 19.3. The lowest BCUT2D eigenvalue weighted by molar-refractivity contribution is -0.142. The van der Waals surface area contributed by atoms with Crippen molar-refractivity contribution in [3.8, 4) is 0 Å². The van der Waals surface area contributed by atoms with Gasteiger partial charge >= 0.3 is 5.97 Å². The summed E-state index contributed by atoms with van der Waals surface area (Å²) in [4.78, 5) is 27.0. The maximum absolute atomic E-state index is 14.2. The average molecular weight is 390 g/mol. The lowest BCUT2D eigenvalue weighted by Crippen LogP contribution is -2.47. The molecule has 0 atom stereocenters. The van der Waals surface area contributed by atoms with Crippen molar-refractivity contribution in [2.45, 2.75) is 91.4 Å². The molecule has 1 amide bonds. The number of amides is 1. The number of benzene rings is 1. The molecule has 0 unspecified atom stereocenters. The topological polar surface area (TPSA) is 46.6 Å². The second kappa shape index (κ2) is 7.84. The average Bonchev–Trinajstić information content (AvgIpc) is 2.64. The summed E-state index contributed by atoms with van der Waals surface area (Å²) in [6, 6.07) is 0.128. The minimum absolute atomic E-state index is 0.119. The van der Waals surface area contributed by atoms with E-state index in [2.05, 4.69) is 6.92 Å². The maximum atomic E-state index is 14.2. The van der Waals surface area contributed by atoms with Crippen LogP contribution in [-0.4, -0.2) is 35.1 Å². The molecule has 4 nitrogen and oxygen atoms in total. The molecule has 1 aliphatic carbocycles. The molecule has 0 radical (unpaired) electrons. The highest BCUT2D eigenvalue weighted by Crippen LogP contribution is 2.38. The first-order chi connectivity index (χ1) is 13.1. The molecule has 2 aliphatic rings. The molecule has 1 aromatic rings. The molecule has 3 rings (SSSR count). The van der Waals surface area contributed by atoms with E-state index in [4.69, 9.17) is 4.74 Å². The van der Waals surface area contributed by atoms with Gasteiger partial charge in [0.15, 0.2) is 0 Å². The Morgan fingerprint density at radius 2 is 1.79 bits per heavy atom. The van der Waals surface area contributed by atoms with Crippen molar-refractivity contribution in [1.82, 2.24) is 4.90 Å². The van der Waals surface area contributed by atoms with Crippen LogP contribution in [0.5, 0.6) is 0 Å². The Balaban J connectivity index is 1.89. The normalized spacial score (nSPS) is 24.9. The van der Waals surface area contributed by atoms with E-state index in [0.717, 1.165) is 40.7 Å². The molecule has 5 heteroatoms. The number of carbonyl (C=O) groups excluding carboxylic acids is 2. The molecule has 28 heavy (non-hydrogen) atoms. The van der Waals surface area contributed by atoms with Crippen molar-refractivity contribution >= 4 is 11.9 Å². The highest BCUT2D eigenvalue weighted by molar-refractivity contribution is 5.83. The molecule has 0 N–H and O–H groups in total. The minimum Gasteiger partial charge on any atom is -0.466 e. The fourth-order valence-electron chi connectivity index (χ4n) is 4.80. The monoisotopic (exact) mass is 389 g/mol. The zero-order chi connectivity index (χ0) is 20.6. The fraction of sp³-hybridized carbons (Fsp3) is 0.652. The largest absolute Gasteiger partial charge is 0.466 e. The van der Waals surface area contributed by atoms with Crippen LogP contribution in [0.3, 0.4) is 0 Å². The third-order valence-corrected chi connectivity index (χ3v) is 6.78. The number of hydrogen-bond acceptors (Lipinski definition) is 3. The highest BCUT2D eigenvalue weighted by Gasteiger charge is 2.37. The summed E-state index contributed by atoms with van der Waals surface area (Å²) in [6.45, 7) is 10.6. The third-order valence-electron chi connectivity index (χ3n) is 6.78. The molecule has 1 saturated carbocycles. The van der Waals surface area contributed by atoms with Crippen LogP contribution in [0.1, 0.15) is 72.9 Å². The third kappa shape index (κ3) is 3.94. The standard InChI is InChI=1S/C23H32FNO3/c1-6-28-22(27)12-18-14(2)15(3)20-13-25(21(26)11-19(20)16(18)4)17-7-9-23(5,24)10-8-17/h17H,6-13H2,1-5H3. The fourth-order valence-corrected chi connectivity index (χ4v) is 4.80. The SMILES string of the molecule is CCOC(=O)Cc1c(C)c(C)c2c(c1C)CC(=O)N(C1CCC(C)(F)CC1)C2. The summed E-state index contributed by atoms with van der Waals surface area (Å²) in [5, 5.41) is 0. The van der Waals surface area contributed by atoms with Gasteiger partial charge in [-0.1, -0.05) is 0 Å². The predicted molar refractivity (Wildman–Crippen MR) is 107 cm³/mol. The van der Waals surface area contributed by atoms with Crippen LogP contribution in [0.15, 0.2) is 0 Å². The summed E-state index contributed by atoms with van der Waals surface area (Å²) in [7, 11) is 0. The molecule has 1 aliphatic heterocycles. The first-order valence-corrected chi connectivity index (χ1v) is 10.4. The molecule has 0 aromatic heterocycles. The van der Waals surface area contributed by atoms with Crippen LogP contribution in [-0.2, 0) is 33.7 Å². The molecule has 0 bridgehead atoms. The Bertz CT molecular complexity index is 790.